The first-order chi connectivity index (χ1) is 17.6. The third kappa shape index (κ3) is 6.57. The summed E-state index contributed by atoms with van der Waals surface area (Å²) in [6, 6.07) is 10.6. The monoisotopic (exact) mass is 578 g/mol. The fraction of sp³-hybridized carbons (Fsp3) is 0.500. The number of carbonyl (C=O) groups excluding carboxylic acids is 1. The molecule has 4 rings (SSSR count). The van der Waals surface area contributed by atoms with Crippen molar-refractivity contribution in [2.24, 2.45) is 5.92 Å². The Morgan fingerprint density at radius 2 is 1.63 bits per heavy atom. The van der Waals surface area contributed by atoms with Crippen LogP contribution in [0.15, 0.2) is 41.3 Å². The van der Waals surface area contributed by atoms with Gasteiger partial charge in [-0.05, 0) is 93.2 Å². The van der Waals surface area contributed by atoms with Gasteiger partial charge in [0.1, 0.15) is 0 Å². The van der Waals surface area contributed by atoms with Crippen LogP contribution >= 0.6 is 23.7 Å². The molecule has 0 saturated carbocycles. The van der Waals surface area contributed by atoms with Gasteiger partial charge >= 0.3 is 0 Å². The van der Waals surface area contributed by atoms with E-state index in [4.69, 9.17) is 4.98 Å². The number of sulfonamides is 1. The zero-order valence-electron chi connectivity index (χ0n) is 22.9. The highest BCUT2D eigenvalue weighted by atomic mass is 35.5. The number of halogens is 1. The first-order valence-electron chi connectivity index (χ1n) is 13.2. The number of thiazole rings is 1. The maximum Gasteiger partial charge on any atom is 0.260 e. The highest BCUT2D eigenvalue weighted by molar-refractivity contribution is 7.89. The van der Waals surface area contributed by atoms with Crippen LogP contribution in [-0.4, -0.2) is 67.8 Å². The second kappa shape index (κ2) is 12.9. The minimum absolute atomic E-state index is 0. The van der Waals surface area contributed by atoms with E-state index in [1.165, 1.54) is 22.5 Å². The number of carbonyl (C=O) groups is 1. The minimum Gasteiger partial charge on any atom is -0.302 e. The SMILES string of the molecule is CCN(CC)CCN(C(=O)c1ccc(S(=O)(=O)N2CCC(C)CC2)cc1)c1nc2cc(C)c(C)cc2s1.Cl. The number of anilines is 1. The van der Waals surface area contributed by atoms with Crippen molar-refractivity contribution in [1.29, 1.82) is 0 Å². The Morgan fingerprint density at radius 3 is 2.24 bits per heavy atom. The number of aromatic nitrogens is 1. The zero-order chi connectivity index (χ0) is 26.7. The summed E-state index contributed by atoms with van der Waals surface area (Å²) < 4.78 is 28.9. The molecule has 0 aliphatic carbocycles. The average molecular weight is 579 g/mol. The zero-order valence-corrected chi connectivity index (χ0v) is 25.4. The third-order valence-electron chi connectivity index (χ3n) is 7.48. The van der Waals surface area contributed by atoms with Crippen LogP contribution in [-0.2, 0) is 10.0 Å². The summed E-state index contributed by atoms with van der Waals surface area (Å²) in [5.74, 6) is 0.375. The van der Waals surface area contributed by atoms with Gasteiger partial charge in [-0.25, -0.2) is 13.4 Å². The molecule has 208 valence electrons. The smallest absolute Gasteiger partial charge is 0.260 e. The second-order valence-electron chi connectivity index (χ2n) is 10.00. The van der Waals surface area contributed by atoms with Crippen molar-refractivity contribution in [3.05, 3.63) is 53.1 Å². The molecule has 3 aromatic rings. The van der Waals surface area contributed by atoms with Crippen molar-refractivity contribution in [2.75, 3.05) is 44.2 Å². The summed E-state index contributed by atoms with van der Waals surface area (Å²) >= 11 is 1.52. The molecule has 2 aromatic carbocycles. The molecular weight excluding hydrogens is 540 g/mol. The number of benzene rings is 2. The lowest BCUT2D eigenvalue weighted by Gasteiger charge is -2.29. The van der Waals surface area contributed by atoms with Gasteiger partial charge < -0.3 is 4.90 Å². The normalized spacial score (nSPS) is 15.1. The quantitative estimate of drug-likeness (QED) is 0.323. The van der Waals surface area contributed by atoms with E-state index in [-0.39, 0.29) is 23.2 Å². The standard InChI is InChI=1S/C28H38N4O3S2.ClH/c1-6-30(7-2)16-17-32(28-29-25-18-21(4)22(5)19-26(25)36-28)27(33)23-8-10-24(11-9-23)37(34,35)31-14-12-20(3)13-15-31;/h8-11,18-20H,6-7,12-17H2,1-5H3;1H. The molecule has 1 aliphatic heterocycles. The van der Waals surface area contributed by atoms with Crippen LogP contribution < -0.4 is 4.90 Å². The van der Waals surface area contributed by atoms with Gasteiger partial charge in [0.05, 0.1) is 15.1 Å². The Morgan fingerprint density at radius 1 is 1.03 bits per heavy atom. The Kier molecular flexibility index (Phi) is 10.3. The van der Waals surface area contributed by atoms with Crippen LogP contribution in [0.2, 0.25) is 0 Å². The van der Waals surface area contributed by atoms with Gasteiger partial charge in [0.2, 0.25) is 10.0 Å². The second-order valence-corrected chi connectivity index (χ2v) is 12.9. The molecule has 1 amide bonds. The van der Waals surface area contributed by atoms with Crippen molar-refractivity contribution in [3.8, 4) is 0 Å². The van der Waals surface area contributed by atoms with Crippen LogP contribution in [0.1, 0.15) is 55.1 Å². The third-order valence-corrected chi connectivity index (χ3v) is 10.4. The molecule has 0 radical (unpaired) electrons. The number of fused-ring (bicyclic) bond motifs is 1. The molecule has 1 aromatic heterocycles. The summed E-state index contributed by atoms with van der Waals surface area (Å²) in [5.41, 5.74) is 3.72. The number of piperidine rings is 1. The van der Waals surface area contributed by atoms with Crippen LogP contribution in [0, 0.1) is 19.8 Å². The van der Waals surface area contributed by atoms with Crippen LogP contribution in [0.4, 0.5) is 5.13 Å². The van der Waals surface area contributed by atoms with E-state index in [1.807, 2.05) is 0 Å². The molecule has 1 fully saturated rings. The fourth-order valence-electron chi connectivity index (χ4n) is 4.65. The molecule has 0 bridgehead atoms. The van der Waals surface area contributed by atoms with Crippen molar-refractivity contribution in [3.63, 3.8) is 0 Å². The molecule has 7 nitrogen and oxygen atoms in total. The van der Waals surface area contributed by atoms with Crippen LogP contribution in [0.5, 0.6) is 0 Å². The molecule has 1 saturated heterocycles. The van der Waals surface area contributed by atoms with E-state index < -0.39 is 10.0 Å². The summed E-state index contributed by atoms with van der Waals surface area (Å²) in [6.07, 6.45) is 1.75. The molecule has 38 heavy (non-hydrogen) atoms. The average Bonchev–Trinajstić information content (AvgIpc) is 3.29. The van der Waals surface area contributed by atoms with Crippen molar-refractivity contribution < 1.29 is 13.2 Å². The molecule has 0 atom stereocenters. The van der Waals surface area contributed by atoms with Gasteiger partial charge in [0.15, 0.2) is 5.13 Å². The Labute approximate surface area is 237 Å². The predicted molar refractivity (Wildman–Crippen MR) is 159 cm³/mol. The van der Waals surface area contributed by atoms with E-state index in [2.05, 4.69) is 51.7 Å². The number of likely N-dealkylation sites (N-methyl/N-ethyl adjacent to an activating group) is 1. The van der Waals surface area contributed by atoms with E-state index in [0.29, 0.717) is 36.2 Å². The van der Waals surface area contributed by atoms with Crippen LogP contribution in [0.25, 0.3) is 10.2 Å². The number of aryl methyl sites for hydroxylation is 2. The Balaban J connectivity index is 0.00000400. The molecule has 1 aliphatic rings. The van der Waals surface area contributed by atoms with Gasteiger partial charge in [-0.1, -0.05) is 32.1 Å². The lowest BCUT2D eigenvalue weighted by Crippen LogP contribution is -2.39. The van der Waals surface area contributed by atoms with Crippen LogP contribution in [0.3, 0.4) is 0 Å². The molecule has 0 unspecified atom stereocenters. The van der Waals surface area contributed by atoms with Gasteiger partial charge in [-0.3, -0.25) is 9.69 Å². The summed E-state index contributed by atoms with van der Waals surface area (Å²) in [5, 5.41) is 0.663. The van der Waals surface area contributed by atoms with Crippen molar-refractivity contribution in [2.45, 2.75) is 52.4 Å². The maximum absolute atomic E-state index is 13.8. The predicted octanol–water partition coefficient (Wildman–Crippen LogP) is 5.74. The number of rotatable bonds is 9. The minimum atomic E-state index is -3.56. The number of hydrogen-bond acceptors (Lipinski definition) is 6. The molecule has 0 N–H and O–H groups in total. The Bertz CT molecular complexity index is 1310. The number of hydrogen-bond donors (Lipinski definition) is 0. The van der Waals surface area contributed by atoms with Gasteiger partial charge in [-0.2, -0.15) is 4.31 Å². The van der Waals surface area contributed by atoms with Gasteiger partial charge in [0.25, 0.3) is 5.91 Å². The summed E-state index contributed by atoms with van der Waals surface area (Å²) in [4.78, 5) is 22.8. The summed E-state index contributed by atoms with van der Waals surface area (Å²) in [7, 11) is -3.56. The first kappa shape index (κ1) is 30.5. The Hall–Kier alpha value is -2.04. The van der Waals surface area contributed by atoms with Gasteiger partial charge in [0, 0.05) is 31.7 Å². The molecular formula is C28H39ClN4O3S2. The fourth-order valence-corrected chi connectivity index (χ4v) is 7.19. The van der Waals surface area contributed by atoms with E-state index in [0.717, 1.165) is 42.7 Å². The highest BCUT2D eigenvalue weighted by Crippen LogP contribution is 2.32. The maximum atomic E-state index is 13.8. The summed E-state index contributed by atoms with van der Waals surface area (Å²) in [6.45, 7) is 14.6. The van der Waals surface area contributed by atoms with E-state index >= 15 is 0 Å². The first-order valence-corrected chi connectivity index (χ1v) is 15.4. The number of amides is 1. The molecule has 0 spiro atoms. The van der Waals surface area contributed by atoms with Crippen molar-refractivity contribution in [1.82, 2.24) is 14.2 Å². The van der Waals surface area contributed by atoms with E-state index in [1.54, 1.807) is 33.5 Å². The van der Waals surface area contributed by atoms with Crippen molar-refractivity contribution >= 4 is 55.0 Å². The lowest BCUT2D eigenvalue weighted by atomic mass is 10.0. The largest absolute Gasteiger partial charge is 0.302 e. The van der Waals surface area contributed by atoms with Gasteiger partial charge in [-0.15, -0.1) is 12.4 Å². The molecule has 10 heteroatoms. The molecule has 2 heterocycles. The van der Waals surface area contributed by atoms with E-state index in [9.17, 15) is 13.2 Å². The number of nitrogens with zero attached hydrogens (tertiary/aromatic N) is 4. The topological polar surface area (TPSA) is 73.8 Å². The highest BCUT2D eigenvalue weighted by Gasteiger charge is 2.29. The lowest BCUT2D eigenvalue weighted by molar-refractivity contribution is 0.0983.